The quantitative estimate of drug-likeness (QED) is 0.758. The molecule has 1 N–H and O–H groups in total. The highest BCUT2D eigenvalue weighted by atomic mass is 79.9. The first-order valence-electron chi connectivity index (χ1n) is 7.43. The molecular weight excluding hydrogens is 415 g/mol. The molecule has 1 aliphatic rings. The average Bonchev–Trinajstić information content (AvgIpc) is 2.55. The van der Waals surface area contributed by atoms with Crippen LogP contribution in [0, 0.1) is 0 Å². The Balaban J connectivity index is 1.75. The maximum Gasteiger partial charge on any atom is 0.257 e. The molecule has 1 heterocycles. The molecule has 7 heteroatoms. The number of ether oxygens (including phenoxy) is 1. The van der Waals surface area contributed by atoms with Gasteiger partial charge in [0.25, 0.3) is 5.91 Å². The predicted molar refractivity (Wildman–Crippen MR) is 102 cm³/mol. The molecule has 0 unspecified atom stereocenters. The Morgan fingerprint density at radius 1 is 1.12 bits per heavy atom. The number of benzene rings is 2. The molecule has 3 rings (SSSR count). The Kier molecular flexibility index (Phi) is 5.66. The summed E-state index contributed by atoms with van der Waals surface area (Å²) in [6.45, 7) is 3.15. The summed E-state index contributed by atoms with van der Waals surface area (Å²) >= 11 is 15.5. The number of hydrogen-bond acceptors (Lipinski definition) is 3. The van der Waals surface area contributed by atoms with Gasteiger partial charge in [-0.05, 0) is 52.3 Å². The molecule has 1 fully saturated rings. The molecule has 0 radical (unpaired) electrons. The zero-order valence-electron chi connectivity index (χ0n) is 12.7. The standard InChI is InChI=1S/C17H15BrCl2N2O2/c18-14-10-12(2-4-16(14)22-5-7-24-8-6-22)21-17(23)13-3-1-11(19)9-15(13)20/h1-4,9-10H,5-8H2,(H,21,23). The van der Waals surface area contributed by atoms with E-state index in [1.807, 2.05) is 18.2 Å². The third-order valence-corrected chi connectivity index (χ3v) is 4.92. The van der Waals surface area contributed by atoms with Crippen LogP contribution < -0.4 is 10.2 Å². The highest BCUT2D eigenvalue weighted by Crippen LogP contribution is 2.30. The molecule has 1 aliphatic heterocycles. The summed E-state index contributed by atoms with van der Waals surface area (Å²) in [5.74, 6) is -0.275. The van der Waals surface area contributed by atoms with E-state index in [1.165, 1.54) is 0 Å². The van der Waals surface area contributed by atoms with Crippen molar-refractivity contribution in [1.29, 1.82) is 0 Å². The molecule has 0 bridgehead atoms. The number of carbonyl (C=O) groups is 1. The van der Waals surface area contributed by atoms with E-state index < -0.39 is 0 Å². The lowest BCUT2D eigenvalue weighted by molar-refractivity contribution is 0.102. The molecular formula is C17H15BrCl2N2O2. The number of amides is 1. The topological polar surface area (TPSA) is 41.6 Å². The molecule has 2 aromatic rings. The molecule has 1 saturated heterocycles. The number of morpholine rings is 1. The summed E-state index contributed by atoms with van der Waals surface area (Å²) in [4.78, 5) is 14.6. The van der Waals surface area contributed by atoms with Crippen molar-refractivity contribution in [3.63, 3.8) is 0 Å². The molecule has 0 saturated carbocycles. The Labute approximate surface area is 158 Å². The van der Waals surface area contributed by atoms with E-state index in [0.29, 0.717) is 21.3 Å². The minimum atomic E-state index is -0.275. The first-order valence-corrected chi connectivity index (χ1v) is 8.98. The van der Waals surface area contributed by atoms with Gasteiger partial charge in [-0.1, -0.05) is 23.2 Å². The van der Waals surface area contributed by atoms with Gasteiger partial charge in [0.2, 0.25) is 0 Å². The van der Waals surface area contributed by atoms with Gasteiger partial charge in [0.05, 0.1) is 29.5 Å². The van der Waals surface area contributed by atoms with Crippen molar-refractivity contribution in [3.05, 3.63) is 56.5 Å². The first-order chi connectivity index (χ1) is 11.5. The monoisotopic (exact) mass is 428 g/mol. The Bertz CT molecular complexity index is 764. The molecule has 0 atom stereocenters. The predicted octanol–water partition coefficient (Wildman–Crippen LogP) is 4.84. The lowest BCUT2D eigenvalue weighted by Gasteiger charge is -2.29. The Hall–Kier alpha value is -1.27. The number of hydrogen-bond donors (Lipinski definition) is 1. The first kappa shape index (κ1) is 17.5. The zero-order valence-corrected chi connectivity index (χ0v) is 15.8. The van der Waals surface area contributed by atoms with Crippen molar-refractivity contribution in [2.24, 2.45) is 0 Å². The fraction of sp³-hybridized carbons (Fsp3) is 0.235. The lowest BCUT2D eigenvalue weighted by Crippen LogP contribution is -2.36. The maximum atomic E-state index is 12.4. The van der Waals surface area contributed by atoms with E-state index >= 15 is 0 Å². The van der Waals surface area contributed by atoms with Gasteiger partial charge in [-0.15, -0.1) is 0 Å². The largest absolute Gasteiger partial charge is 0.378 e. The summed E-state index contributed by atoms with van der Waals surface area (Å²) in [6.07, 6.45) is 0. The van der Waals surface area contributed by atoms with Crippen LogP contribution in [-0.4, -0.2) is 32.2 Å². The lowest BCUT2D eigenvalue weighted by atomic mass is 10.2. The molecule has 4 nitrogen and oxygen atoms in total. The van der Waals surface area contributed by atoms with Gasteiger partial charge in [-0.25, -0.2) is 0 Å². The van der Waals surface area contributed by atoms with E-state index in [4.69, 9.17) is 27.9 Å². The van der Waals surface area contributed by atoms with Gasteiger partial charge in [-0.2, -0.15) is 0 Å². The van der Waals surface area contributed by atoms with Crippen LogP contribution in [0.5, 0.6) is 0 Å². The molecule has 0 aromatic heterocycles. The van der Waals surface area contributed by atoms with Crippen LogP contribution in [0.2, 0.25) is 10.0 Å². The molecule has 0 aliphatic carbocycles. The summed E-state index contributed by atoms with van der Waals surface area (Å²) < 4.78 is 6.29. The number of nitrogens with one attached hydrogen (secondary N) is 1. The van der Waals surface area contributed by atoms with Gasteiger partial charge >= 0.3 is 0 Å². The summed E-state index contributed by atoms with van der Waals surface area (Å²) in [5.41, 5.74) is 2.16. The van der Waals surface area contributed by atoms with Gasteiger partial charge in [-0.3, -0.25) is 4.79 Å². The molecule has 2 aromatic carbocycles. The smallest absolute Gasteiger partial charge is 0.257 e. The van der Waals surface area contributed by atoms with E-state index in [9.17, 15) is 4.79 Å². The maximum absolute atomic E-state index is 12.4. The van der Waals surface area contributed by atoms with Gasteiger partial charge in [0, 0.05) is 28.3 Å². The van der Waals surface area contributed by atoms with Crippen molar-refractivity contribution in [1.82, 2.24) is 0 Å². The Morgan fingerprint density at radius 2 is 1.88 bits per heavy atom. The van der Waals surface area contributed by atoms with Crippen molar-refractivity contribution < 1.29 is 9.53 Å². The van der Waals surface area contributed by atoms with Crippen LogP contribution in [0.25, 0.3) is 0 Å². The third kappa shape index (κ3) is 4.03. The van der Waals surface area contributed by atoms with Crippen molar-refractivity contribution in [3.8, 4) is 0 Å². The van der Waals surface area contributed by atoms with Gasteiger partial charge < -0.3 is 15.0 Å². The SMILES string of the molecule is O=C(Nc1ccc(N2CCOCC2)c(Br)c1)c1ccc(Cl)cc1Cl. The Morgan fingerprint density at radius 3 is 2.54 bits per heavy atom. The fourth-order valence-electron chi connectivity index (χ4n) is 2.52. The van der Waals surface area contributed by atoms with Crippen molar-refractivity contribution in [2.75, 3.05) is 36.5 Å². The molecule has 24 heavy (non-hydrogen) atoms. The van der Waals surface area contributed by atoms with E-state index in [2.05, 4.69) is 26.1 Å². The average molecular weight is 430 g/mol. The number of rotatable bonds is 3. The number of anilines is 2. The van der Waals surface area contributed by atoms with Crippen LogP contribution in [0.4, 0.5) is 11.4 Å². The second kappa shape index (κ2) is 7.74. The summed E-state index contributed by atoms with van der Waals surface area (Å²) in [7, 11) is 0. The third-order valence-electron chi connectivity index (χ3n) is 3.73. The van der Waals surface area contributed by atoms with Crippen LogP contribution in [-0.2, 0) is 4.74 Å². The van der Waals surface area contributed by atoms with Gasteiger partial charge in [0.1, 0.15) is 0 Å². The van der Waals surface area contributed by atoms with Gasteiger partial charge in [0.15, 0.2) is 0 Å². The van der Waals surface area contributed by atoms with Crippen molar-refractivity contribution in [2.45, 2.75) is 0 Å². The highest BCUT2D eigenvalue weighted by Gasteiger charge is 2.15. The van der Waals surface area contributed by atoms with Crippen LogP contribution in [0.15, 0.2) is 40.9 Å². The summed E-state index contributed by atoms with van der Waals surface area (Å²) in [6, 6.07) is 10.5. The van der Waals surface area contributed by atoms with E-state index in [0.717, 1.165) is 36.5 Å². The molecule has 1 amide bonds. The van der Waals surface area contributed by atoms with Crippen LogP contribution in [0.1, 0.15) is 10.4 Å². The number of halogens is 3. The second-order valence-corrected chi connectivity index (χ2v) is 7.04. The molecule has 0 spiro atoms. The number of carbonyl (C=O) groups excluding carboxylic acids is 1. The summed E-state index contributed by atoms with van der Waals surface area (Å²) in [5, 5.41) is 3.67. The minimum absolute atomic E-state index is 0.275. The fourth-order valence-corrected chi connectivity index (χ4v) is 3.64. The van der Waals surface area contributed by atoms with Crippen LogP contribution >= 0.6 is 39.1 Å². The van der Waals surface area contributed by atoms with E-state index in [1.54, 1.807) is 18.2 Å². The van der Waals surface area contributed by atoms with Crippen molar-refractivity contribution >= 4 is 56.4 Å². The zero-order chi connectivity index (χ0) is 17.1. The highest BCUT2D eigenvalue weighted by molar-refractivity contribution is 9.10. The van der Waals surface area contributed by atoms with E-state index in [-0.39, 0.29) is 5.91 Å². The normalized spacial score (nSPS) is 14.5. The minimum Gasteiger partial charge on any atom is -0.378 e. The second-order valence-electron chi connectivity index (χ2n) is 5.34. The number of nitrogens with zero attached hydrogens (tertiary/aromatic N) is 1. The molecule has 126 valence electrons. The van der Waals surface area contributed by atoms with Crippen LogP contribution in [0.3, 0.4) is 0 Å².